The molecule has 2 atom stereocenters. The minimum absolute atomic E-state index is 0.0296. The number of allylic oxidation sites excluding steroid dienone is 2. The van der Waals surface area contributed by atoms with Crippen LogP contribution in [0.2, 0.25) is 0 Å². The lowest BCUT2D eigenvalue weighted by Gasteiger charge is -2.18. The third kappa shape index (κ3) is 3.28. The van der Waals surface area contributed by atoms with Crippen LogP contribution in [-0.4, -0.2) is 19.0 Å². The molecule has 21 heavy (non-hydrogen) atoms. The lowest BCUT2D eigenvalue weighted by Crippen LogP contribution is -2.21. The van der Waals surface area contributed by atoms with Gasteiger partial charge in [-0.15, -0.1) is 0 Å². The fraction of sp³-hybridized carbons (Fsp3) is 0.474. The van der Waals surface area contributed by atoms with Crippen molar-refractivity contribution in [3.63, 3.8) is 0 Å². The number of benzene rings is 1. The molecule has 1 aliphatic heterocycles. The van der Waals surface area contributed by atoms with E-state index in [0.29, 0.717) is 0 Å². The van der Waals surface area contributed by atoms with Gasteiger partial charge in [0.1, 0.15) is 5.60 Å². The summed E-state index contributed by atoms with van der Waals surface area (Å²) in [5, 5.41) is 0. The number of methoxy groups -OCH3 is 1. The Morgan fingerprint density at radius 3 is 2.95 bits per heavy atom. The van der Waals surface area contributed by atoms with Gasteiger partial charge in [0.15, 0.2) is 6.29 Å². The molecule has 0 bridgehead atoms. The summed E-state index contributed by atoms with van der Waals surface area (Å²) in [5.41, 5.74) is 2.62. The highest BCUT2D eigenvalue weighted by atomic mass is 16.8. The average molecular weight is 284 g/mol. The maximum absolute atomic E-state index is 5.79. The summed E-state index contributed by atoms with van der Waals surface area (Å²) in [6.45, 7) is 0. The van der Waals surface area contributed by atoms with E-state index in [1.807, 2.05) is 0 Å². The van der Waals surface area contributed by atoms with Crippen LogP contribution in [-0.2, 0) is 15.9 Å². The van der Waals surface area contributed by atoms with Crippen LogP contribution in [0.3, 0.4) is 0 Å². The zero-order valence-electron chi connectivity index (χ0n) is 12.8. The van der Waals surface area contributed by atoms with Crippen LogP contribution >= 0.6 is 0 Å². The smallest absolute Gasteiger partial charge is 0.191 e. The second-order valence-electron chi connectivity index (χ2n) is 5.91. The van der Waals surface area contributed by atoms with Crippen molar-refractivity contribution in [1.82, 2.24) is 0 Å². The normalized spacial score (nSPS) is 28.0. The quantitative estimate of drug-likeness (QED) is 0.570. The molecule has 1 aliphatic carbocycles. The number of hydrogen-bond acceptors (Lipinski definition) is 2. The fourth-order valence-electron chi connectivity index (χ4n) is 3.20. The first-order valence-corrected chi connectivity index (χ1v) is 7.97. The van der Waals surface area contributed by atoms with E-state index in [-0.39, 0.29) is 11.9 Å². The van der Waals surface area contributed by atoms with Crippen molar-refractivity contribution in [2.75, 3.05) is 7.11 Å². The van der Waals surface area contributed by atoms with E-state index in [1.165, 1.54) is 24.0 Å². The molecule has 1 heterocycles. The molecule has 1 spiro atoms. The fourth-order valence-corrected chi connectivity index (χ4v) is 3.20. The molecule has 2 nitrogen and oxygen atoms in total. The Balaban J connectivity index is 1.48. The van der Waals surface area contributed by atoms with E-state index in [1.54, 1.807) is 7.11 Å². The standard InChI is InChI=1S/C19H24O2/c1-20-18-19(21-18)15-9-8-14-17(19)13-7-3-6-12-16-10-4-2-5-11-16/h2,4-5,7,10-11,13-14,18H,3,6,8-9,12,15H2,1H3. The predicted octanol–water partition coefficient (Wildman–Crippen LogP) is 4.42. The number of hydrogen-bond donors (Lipinski definition) is 0. The van der Waals surface area contributed by atoms with E-state index >= 15 is 0 Å². The Hall–Kier alpha value is -1.38. The van der Waals surface area contributed by atoms with Gasteiger partial charge in [-0.25, -0.2) is 0 Å². The van der Waals surface area contributed by atoms with Crippen molar-refractivity contribution in [2.24, 2.45) is 0 Å². The van der Waals surface area contributed by atoms with Gasteiger partial charge in [0.2, 0.25) is 0 Å². The van der Waals surface area contributed by atoms with Crippen molar-refractivity contribution in [2.45, 2.75) is 50.4 Å². The Morgan fingerprint density at radius 2 is 2.19 bits per heavy atom. The number of ether oxygens (including phenoxy) is 2. The average Bonchev–Trinajstić information content (AvgIpc) is 3.23. The Labute approximate surface area is 127 Å². The maximum Gasteiger partial charge on any atom is 0.191 e. The van der Waals surface area contributed by atoms with E-state index in [4.69, 9.17) is 9.47 Å². The van der Waals surface area contributed by atoms with E-state index in [2.05, 4.69) is 48.6 Å². The summed E-state index contributed by atoms with van der Waals surface area (Å²) in [4.78, 5) is 0. The van der Waals surface area contributed by atoms with Gasteiger partial charge in [-0.2, -0.15) is 0 Å². The van der Waals surface area contributed by atoms with Gasteiger partial charge < -0.3 is 9.47 Å². The van der Waals surface area contributed by atoms with Crippen LogP contribution in [0.1, 0.15) is 37.7 Å². The summed E-state index contributed by atoms with van der Waals surface area (Å²) in [6, 6.07) is 10.7. The van der Waals surface area contributed by atoms with Crippen LogP contribution in [0.4, 0.5) is 0 Å². The molecule has 1 saturated heterocycles. The van der Waals surface area contributed by atoms with Crippen LogP contribution in [0.5, 0.6) is 0 Å². The van der Waals surface area contributed by atoms with Gasteiger partial charge >= 0.3 is 0 Å². The van der Waals surface area contributed by atoms with Gasteiger partial charge in [-0.1, -0.05) is 48.6 Å². The van der Waals surface area contributed by atoms with E-state index in [0.717, 1.165) is 25.7 Å². The molecule has 112 valence electrons. The molecule has 0 saturated carbocycles. The summed E-state index contributed by atoms with van der Waals surface area (Å²) in [6.07, 6.45) is 13.7. The highest BCUT2D eigenvalue weighted by molar-refractivity contribution is 5.37. The van der Waals surface area contributed by atoms with Crippen molar-refractivity contribution in [3.05, 3.63) is 59.7 Å². The van der Waals surface area contributed by atoms with Crippen molar-refractivity contribution in [1.29, 1.82) is 0 Å². The molecule has 2 unspecified atom stereocenters. The molecule has 1 aromatic carbocycles. The molecule has 1 aromatic rings. The lowest BCUT2D eigenvalue weighted by atomic mass is 9.86. The first kappa shape index (κ1) is 14.6. The Kier molecular flexibility index (Phi) is 4.57. The second kappa shape index (κ2) is 6.59. The molecular formula is C19H24O2. The number of epoxide rings is 1. The third-order valence-corrected chi connectivity index (χ3v) is 4.44. The van der Waals surface area contributed by atoms with Crippen molar-refractivity contribution in [3.8, 4) is 0 Å². The molecule has 0 aromatic heterocycles. The lowest BCUT2D eigenvalue weighted by molar-refractivity contribution is 0.0950. The Bertz CT molecular complexity index is 518. The summed E-state index contributed by atoms with van der Waals surface area (Å²) >= 11 is 0. The van der Waals surface area contributed by atoms with Crippen LogP contribution < -0.4 is 0 Å². The van der Waals surface area contributed by atoms with Crippen LogP contribution in [0.25, 0.3) is 0 Å². The van der Waals surface area contributed by atoms with Crippen LogP contribution in [0.15, 0.2) is 54.1 Å². The number of unbranched alkanes of at least 4 members (excludes halogenated alkanes) is 1. The van der Waals surface area contributed by atoms with Gasteiger partial charge in [-0.3, -0.25) is 0 Å². The first-order valence-electron chi connectivity index (χ1n) is 7.97. The van der Waals surface area contributed by atoms with Gasteiger partial charge in [0, 0.05) is 7.11 Å². The van der Waals surface area contributed by atoms with Gasteiger partial charge in [0.05, 0.1) is 0 Å². The highest BCUT2D eigenvalue weighted by Crippen LogP contribution is 2.50. The highest BCUT2D eigenvalue weighted by Gasteiger charge is 2.59. The SMILES string of the molecule is COC1OC12CCCC=C2C=CCCCc1ccccc1. The summed E-state index contributed by atoms with van der Waals surface area (Å²) in [5.74, 6) is 0. The Morgan fingerprint density at radius 1 is 1.33 bits per heavy atom. The van der Waals surface area contributed by atoms with Gasteiger partial charge in [0.25, 0.3) is 0 Å². The van der Waals surface area contributed by atoms with Crippen LogP contribution in [0, 0.1) is 0 Å². The summed E-state index contributed by atoms with van der Waals surface area (Å²) < 4.78 is 11.2. The van der Waals surface area contributed by atoms with Crippen molar-refractivity contribution >= 4 is 0 Å². The monoisotopic (exact) mass is 284 g/mol. The topological polar surface area (TPSA) is 21.8 Å². The number of rotatable bonds is 6. The minimum atomic E-state index is -0.122. The zero-order valence-corrected chi connectivity index (χ0v) is 12.8. The third-order valence-electron chi connectivity index (χ3n) is 4.44. The number of aryl methyl sites for hydroxylation is 1. The summed E-state index contributed by atoms with van der Waals surface area (Å²) in [7, 11) is 1.73. The first-order chi connectivity index (χ1) is 10.3. The molecular weight excluding hydrogens is 260 g/mol. The zero-order chi connectivity index (χ0) is 14.5. The predicted molar refractivity (Wildman–Crippen MR) is 85.1 cm³/mol. The van der Waals surface area contributed by atoms with Gasteiger partial charge in [-0.05, 0) is 49.7 Å². The molecule has 2 heteroatoms. The van der Waals surface area contributed by atoms with E-state index in [9.17, 15) is 0 Å². The largest absolute Gasteiger partial charge is 0.353 e. The van der Waals surface area contributed by atoms with Crippen molar-refractivity contribution < 1.29 is 9.47 Å². The second-order valence-corrected chi connectivity index (χ2v) is 5.91. The molecule has 0 N–H and O–H groups in total. The molecule has 1 fully saturated rings. The van der Waals surface area contributed by atoms with E-state index < -0.39 is 0 Å². The maximum atomic E-state index is 5.79. The minimum Gasteiger partial charge on any atom is -0.353 e. The molecule has 0 radical (unpaired) electrons. The molecule has 3 rings (SSSR count). The molecule has 2 aliphatic rings. The molecule has 0 amide bonds.